The number of carboxylic acid groups (broad SMARTS) is 1. The van der Waals surface area contributed by atoms with Gasteiger partial charge in [0.05, 0.1) is 13.2 Å². The number of ether oxygens (including phenoxy) is 1. The number of para-hydroxylation sites is 2. The first-order valence-corrected chi connectivity index (χ1v) is 10.1. The first kappa shape index (κ1) is 20.1. The molecule has 0 radical (unpaired) electrons. The number of aliphatic carboxylic acids is 1. The minimum atomic E-state index is -1.00. The van der Waals surface area contributed by atoms with Crippen LogP contribution in [0, 0.1) is 0 Å². The topological polar surface area (TPSA) is 90.9 Å². The zero-order valence-corrected chi connectivity index (χ0v) is 16.6. The Kier molecular flexibility index (Phi) is 6.11. The number of nitrogens with zero attached hydrogens (tertiary/aromatic N) is 1. The van der Waals surface area contributed by atoms with Gasteiger partial charge < -0.3 is 20.5 Å². The maximum Gasteiger partial charge on any atom is 0.330 e. The molecule has 7 heteroatoms. The van der Waals surface area contributed by atoms with E-state index in [2.05, 4.69) is 15.5 Å². The van der Waals surface area contributed by atoms with Gasteiger partial charge in [-0.2, -0.15) is 0 Å². The summed E-state index contributed by atoms with van der Waals surface area (Å²) in [5, 5.41) is 15.8. The van der Waals surface area contributed by atoms with E-state index in [1.807, 2.05) is 42.5 Å². The number of amides is 1. The largest absolute Gasteiger partial charge is 0.479 e. The molecule has 1 fully saturated rings. The maximum atomic E-state index is 12.8. The van der Waals surface area contributed by atoms with Gasteiger partial charge in [-0.15, -0.1) is 0 Å². The molecule has 0 aliphatic carbocycles. The van der Waals surface area contributed by atoms with E-state index in [0.717, 1.165) is 24.3 Å². The molecule has 2 aliphatic heterocycles. The molecular formula is C23H25N3O4. The Balaban J connectivity index is 1.68. The summed E-state index contributed by atoms with van der Waals surface area (Å²) >= 11 is 0. The Morgan fingerprint density at radius 1 is 1.10 bits per heavy atom. The quantitative estimate of drug-likeness (QED) is 0.660. The van der Waals surface area contributed by atoms with Gasteiger partial charge in [-0.1, -0.05) is 36.4 Å². The molecule has 156 valence electrons. The van der Waals surface area contributed by atoms with E-state index in [1.54, 1.807) is 12.1 Å². The summed E-state index contributed by atoms with van der Waals surface area (Å²) in [4.78, 5) is 27.1. The molecule has 2 aromatic carbocycles. The number of nitrogens with one attached hydrogen (secondary N) is 2. The monoisotopic (exact) mass is 407 g/mol. The predicted molar refractivity (Wildman–Crippen MR) is 115 cm³/mol. The molecule has 2 aromatic rings. The minimum Gasteiger partial charge on any atom is -0.479 e. The second-order valence-corrected chi connectivity index (χ2v) is 7.47. The number of hydrogen-bond donors (Lipinski definition) is 3. The zero-order valence-electron chi connectivity index (χ0n) is 16.6. The molecule has 0 saturated carbocycles. The summed E-state index contributed by atoms with van der Waals surface area (Å²) in [6, 6.07) is 15.9. The lowest BCUT2D eigenvalue weighted by Gasteiger charge is -2.38. The van der Waals surface area contributed by atoms with Gasteiger partial charge in [0.25, 0.3) is 0 Å². The van der Waals surface area contributed by atoms with E-state index in [9.17, 15) is 14.7 Å². The van der Waals surface area contributed by atoms with Crippen LogP contribution < -0.4 is 10.6 Å². The third kappa shape index (κ3) is 4.53. The summed E-state index contributed by atoms with van der Waals surface area (Å²) < 4.78 is 5.45. The van der Waals surface area contributed by atoms with Crippen LogP contribution in [0.5, 0.6) is 0 Å². The average molecular weight is 407 g/mol. The Morgan fingerprint density at radius 2 is 1.80 bits per heavy atom. The van der Waals surface area contributed by atoms with Crippen molar-refractivity contribution in [2.24, 2.45) is 0 Å². The van der Waals surface area contributed by atoms with Crippen molar-refractivity contribution in [2.45, 2.75) is 12.0 Å². The van der Waals surface area contributed by atoms with Gasteiger partial charge >= 0.3 is 5.97 Å². The molecule has 0 bridgehead atoms. The highest BCUT2D eigenvalue weighted by atomic mass is 16.5. The van der Waals surface area contributed by atoms with Gasteiger partial charge in [-0.3, -0.25) is 9.69 Å². The van der Waals surface area contributed by atoms with E-state index in [1.165, 1.54) is 6.08 Å². The summed E-state index contributed by atoms with van der Waals surface area (Å²) in [6.45, 7) is 3.52. The van der Waals surface area contributed by atoms with Crippen molar-refractivity contribution in [2.75, 3.05) is 43.5 Å². The molecule has 2 unspecified atom stereocenters. The van der Waals surface area contributed by atoms with Crippen molar-refractivity contribution in [1.82, 2.24) is 4.90 Å². The van der Waals surface area contributed by atoms with E-state index in [4.69, 9.17) is 4.74 Å². The van der Waals surface area contributed by atoms with Crippen LogP contribution in [-0.4, -0.2) is 60.8 Å². The van der Waals surface area contributed by atoms with Crippen molar-refractivity contribution >= 4 is 23.3 Å². The number of carbonyl (C=O) groups excluding carboxylic acids is 1. The van der Waals surface area contributed by atoms with Crippen molar-refractivity contribution < 1.29 is 19.4 Å². The van der Waals surface area contributed by atoms with Crippen molar-refractivity contribution in [1.29, 1.82) is 0 Å². The first-order valence-electron chi connectivity index (χ1n) is 10.1. The first-order chi connectivity index (χ1) is 14.6. The summed E-state index contributed by atoms with van der Waals surface area (Å²) in [6.07, 6.45) is 1.44. The smallest absolute Gasteiger partial charge is 0.330 e. The highest BCUT2D eigenvalue weighted by Gasteiger charge is 2.37. The van der Waals surface area contributed by atoms with Crippen LogP contribution in [0.4, 0.5) is 11.4 Å². The molecule has 2 aliphatic rings. The number of morpholine rings is 1. The van der Waals surface area contributed by atoms with E-state index < -0.39 is 12.0 Å². The molecule has 0 spiro atoms. The number of anilines is 2. The predicted octanol–water partition coefficient (Wildman–Crippen LogP) is 2.55. The van der Waals surface area contributed by atoms with Gasteiger partial charge in [0.1, 0.15) is 6.04 Å². The lowest BCUT2D eigenvalue weighted by atomic mass is 9.81. The maximum absolute atomic E-state index is 12.8. The van der Waals surface area contributed by atoms with Crippen LogP contribution in [0.3, 0.4) is 0 Å². The van der Waals surface area contributed by atoms with Gasteiger partial charge in [0, 0.05) is 43.0 Å². The van der Waals surface area contributed by atoms with Gasteiger partial charge in [-0.05, 0) is 29.3 Å². The van der Waals surface area contributed by atoms with Crippen LogP contribution in [0.15, 0.2) is 66.2 Å². The fourth-order valence-corrected chi connectivity index (χ4v) is 4.04. The molecule has 1 amide bonds. The van der Waals surface area contributed by atoms with Crippen LogP contribution >= 0.6 is 0 Å². The minimum absolute atomic E-state index is 0.205. The molecular weight excluding hydrogens is 382 g/mol. The fraction of sp³-hybridized carbons (Fsp3) is 0.304. The summed E-state index contributed by atoms with van der Waals surface area (Å²) in [7, 11) is 0. The standard InChI is InChI=1S/C23H25N3O4/c27-21(24-16-6-2-1-3-7-16)14-18-19(15-26-10-12-30-13-11-26)17-8-4-5-9-20(17)25-22(18)23(28)29/h1-9,14,19,22,25H,10-13,15H2,(H,24,27)(H,28,29). The second kappa shape index (κ2) is 9.11. The molecule has 3 N–H and O–H groups in total. The third-order valence-corrected chi connectivity index (χ3v) is 5.50. The Labute approximate surface area is 175 Å². The molecule has 2 heterocycles. The second-order valence-electron chi connectivity index (χ2n) is 7.47. The van der Waals surface area contributed by atoms with Gasteiger partial charge in [0.15, 0.2) is 0 Å². The van der Waals surface area contributed by atoms with Crippen molar-refractivity contribution in [3.63, 3.8) is 0 Å². The number of benzene rings is 2. The van der Waals surface area contributed by atoms with Gasteiger partial charge in [-0.25, -0.2) is 4.79 Å². The van der Waals surface area contributed by atoms with E-state index in [0.29, 0.717) is 31.0 Å². The number of rotatable bonds is 5. The Bertz CT molecular complexity index is 938. The van der Waals surface area contributed by atoms with E-state index >= 15 is 0 Å². The highest BCUT2D eigenvalue weighted by Crippen LogP contribution is 2.39. The SMILES string of the molecule is O=C(C=C1C(C(=O)O)Nc2ccccc2C1CN1CCOCC1)Nc1ccccc1. The highest BCUT2D eigenvalue weighted by molar-refractivity contribution is 6.01. The lowest BCUT2D eigenvalue weighted by molar-refractivity contribution is -0.137. The molecule has 2 atom stereocenters. The number of fused-ring (bicyclic) bond motifs is 1. The average Bonchev–Trinajstić information content (AvgIpc) is 2.76. The third-order valence-electron chi connectivity index (χ3n) is 5.50. The molecule has 7 nitrogen and oxygen atoms in total. The molecule has 0 aromatic heterocycles. The summed E-state index contributed by atoms with van der Waals surface area (Å²) in [5.41, 5.74) is 3.02. The fourth-order valence-electron chi connectivity index (χ4n) is 4.04. The van der Waals surface area contributed by atoms with Gasteiger partial charge in [0.2, 0.25) is 5.91 Å². The van der Waals surface area contributed by atoms with Crippen LogP contribution in [-0.2, 0) is 14.3 Å². The zero-order chi connectivity index (χ0) is 20.9. The Morgan fingerprint density at radius 3 is 2.53 bits per heavy atom. The number of carboxylic acids is 1. The van der Waals surface area contributed by atoms with E-state index in [-0.39, 0.29) is 11.8 Å². The number of carbonyl (C=O) groups is 2. The van der Waals surface area contributed by atoms with Crippen LogP contribution in [0.2, 0.25) is 0 Å². The molecule has 30 heavy (non-hydrogen) atoms. The molecule has 1 saturated heterocycles. The normalized spacial score (nSPS) is 22.7. The summed E-state index contributed by atoms with van der Waals surface area (Å²) in [5.74, 6) is -1.55. The number of hydrogen-bond acceptors (Lipinski definition) is 5. The van der Waals surface area contributed by atoms with Crippen molar-refractivity contribution in [3.05, 3.63) is 71.8 Å². The molecule has 4 rings (SSSR count). The van der Waals surface area contributed by atoms with Crippen LogP contribution in [0.1, 0.15) is 11.5 Å². The van der Waals surface area contributed by atoms with Crippen molar-refractivity contribution in [3.8, 4) is 0 Å². The lowest BCUT2D eigenvalue weighted by Crippen LogP contribution is -2.44. The Hall–Kier alpha value is -3.16. The van der Waals surface area contributed by atoms with Crippen LogP contribution in [0.25, 0.3) is 0 Å².